The lowest BCUT2D eigenvalue weighted by atomic mass is 10.1. The number of nitrogens with zero attached hydrogens (tertiary/aromatic N) is 2. The zero-order valence-electron chi connectivity index (χ0n) is 10.3. The lowest BCUT2D eigenvalue weighted by molar-refractivity contribution is 0.0698. The van der Waals surface area contributed by atoms with Crippen molar-refractivity contribution >= 4 is 28.2 Å². The van der Waals surface area contributed by atoms with Gasteiger partial charge in [0.25, 0.3) is 5.56 Å². The van der Waals surface area contributed by atoms with E-state index >= 15 is 0 Å². The highest BCUT2D eigenvalue weighted by Gasteiger charge is 2.14. The second-order valence-corrected chi connectivity index (χ2v) is 5.21. The molecule has 0 saturated heterocycles. The van der Waals surface area contributed by atoms with E-state index in [0.29, 0.717) is 17.4 Å². The Balaban J connectivity index is 2.27. The van der Waals surface area contributed by atoms with Gasteiger partial charge in [-0.1, -0.05) is 18.2 Å². The van der Waals surface area contributed by atoms with E-state index in [1.54, 1.807) is 35.0 Å². The van der Waals surface area contributed by atoms with Crippen molar-refractivity contribution in [3.8, 4) is 0 Å². The molecule has 3 rings (SSSR count). The smallest absolute Gasteiger partial charge is 0.336 e. The van der Waals surface area contributed by atoms with Crippen LogP contribution in [0.3, 0.4) is 0 Å². The maximum atomic E-state index is 12.2. The van der Waals surface area contributed by atoms with Gasteiger partial charge in [-0.2, -0.15) is 0 Å². The highest BCUT2D eigenvalue weighted by Crippen LogP contribution is 2.18. The zero-order valence-corrected chi connectivity index (χ0v) is 11.1. The lowest BCUT2D eigenvalue weighted by Crippen LogP contribution is -2.22. The van der Waals surface area contributed by atoms with Crippen molar-refractivity contribution in [2.45, 2.75) is 6.54 Å². The van der Waals surface area contributed by atoms with E-state index in [4.69, 9.17) is 0 Å². The van der Waals surface area contributed by atoms with Gasteiger partial charge in [0.15, 0.2) is 0 Å². The van der Waals surface area contributed by atoms with E-state index in [1.165, 1.54) is 11.3 Å². The number of rotatable bonds is 3. The van der Waals surface area contributed by atoms with Crippen LogP contribution >= 0.6 is 11.3 Å². The van der Waals surface area contributed by atoms with Gasteiger partial charge in [0, 0.05) is 23.0 Å². The summed E-state index contributed by atoms with van der Waals surface area (Å²) in [6.45, 7) is 0.344. The Bertz CT molecular complexity index is 837. The minimum absolute atomic E-state index is 0.0287. The Hall–Kier alpha value is -2.47. The Morgan fingerprint density at radius 1 is 1.35 bits per heavy atom. The van der Waals surface area contributed by atoms with Crippen molar-refractivity contribution in [1.82, 2.24) is 9.55 Å². The van der Waals surface area contributed by atoms with Crippen molar-refractivity contribution in [3.63, 3.8) is 0 Å². The Labute approximate surface area is 117 Å². The van der Waals surface area contributed by atoms with E-state index in [-0.39, 0.29) is 11.1 Å². The molecule has 0 amide bonds. The molecule has 0 spiro atoms. The van der Waals surface area contributed by atoms with Crippen molar-refractivity contribution in [1.29, 1.82) is 0 Å². The molecule has 0 fully saturated rings. The third-order valence-corrected chi connectivity index (χ3v) is 3.79. The number of hydrogen-bond donors (Lipinski definition) is 1. The summed E-state index contributed by atoms with van der Waals surface area (Å²) in [5, 5.41) is 12.4. The summed E-state index contributed by atoms with van der Waals surface area (Å²) in [6.07, 6.45) is 1.68. The third-order valence-electron chi connectivity index (χ3n) is 3.03. The first-order valence-electron chi connectivity index (χ1n) is 5.91. The molecule has 2 heterocycles. The van der Waals surface area contributed by atoms with E-state index in [2.05, 4.69) is 4.98 Å². The minimum atomic E-state index is -1.10. The molecular weight excluding hydrogens is 276 g/mol. The monoisotopic (exact) mass is 286 g/mol. The van der Waals surface area contributed by atoms with E-state index in [9.17, 15) is 14.7 Å². The van der Waals surface area contributed by atoms with Crippen LogP contribution in [-0.4, -0.2) is 20.6 Å². The molecule has 6 heteroatoms. The predicted octanol–water partition coefficient (Wildman–Crippen LogP) is 2.20. The molecule has 0 unspecified atom stereocenters. The second kappa shape index (κ2) is 4.90. The highest BCUT2D eigenvalue weighted by atomic mass is 32.1. The normalized spacial score (nSPS) is 10.8. The van der Waals surface area contributed by atoms with Crippen LogP contribution in [0.4, 0.5) is 0 Å². The largest absolute Gasteiger partial charge is 0.478 e. The van der Waals surface area contributed by atoms with Crippen LogP contribution in [-0.2, 0) is 6.54 Å². The fraction of sp³-hybridized carbons (Fsp3) is 0.0714. The number of hydrogen-bond acceptors (Lipinski definition) is 4. The minimum Gasteiger partial charge on any atom is -0.478 e. The molecule has 100 valence electrons. The van der Waals surface area contributed by atoms with E-state index in [0.717, 1.165) is 11.1 Å². The van der Waals surface area contributed by atoms with Gasteiger partial charge in [0.05, 0.1) is 17.6 Å². The fourth-order valence-electron chi connectivity index (χ4n) is 2.14. The molecule has 0 radical (unpaired) electrons. The van der Waals surface area contributed by atoms with Crippen LogP contribution in [0.1, 0.15) is 15.4 Å². The van der Waals surface area contributed by atoms with Crippen molar-refractivity contribution in [2.75, 3.05) is 0 Å². The summed E-state index contributed by atoms with van der Waals surface area (Å²) in [5.74, 6) is -1.10. The molecule has 0 atom stereocenters. The number of para-hydroxylation sites is 1. The Morgan fingerprint density at radius 2 is 2.15 bits per heavy atom. The second-order valence-electron chi connectivity index (χ2n) is 4.23. The summed E-state index contributed by atoms with van der Waals surface area (Å²) < 4.78 is 1.54. The number of thiazole rings is 1. The number of pyridine rings is 1. The zero-order chi connectivity index (χ0) is 14.1. The number of carbonyl (C=O) groups is 1. The summed E-state index contributed by atoms with van der Waals surface area (Å²) in [4.78, 5) is 27.6. The molecule has 0 aliphatic carbocycles. The summed E-state index contributed by atoms with van der Waals surface area (Å²) in [6, 6.07) is 8.16. The molecule has 0 aliphatic heterocycles. The lowest BCUT2D eigenvalue weighted by Gasteiger charge is -2.10. The number of carboxylic acid groups (broad SMARTS) is 1. The molecule has 0 aliphatic rings. The van der Waals surface area contributed by atoms with Crippen LogP contribution in [0.5, 0.6) is 0 Å². The van der Waals surface area contributed by atoms with Gasteiger partial charge in [-0.15, -0.1) is 11.3 Å². The first-order valence-corrected chi connectivity index (χ1v) is 6.79. The van der Waals surface area contributed by atoms with Crippen molar-refractivity contribution in [3.05, 3.63) is 62.8 Å². The molecule has 0 saturated carbocycles. The topological polar surface area (TPSA) is 72.2 Å². The molecule has 20 heavy (non-hydrogen) atoms. The molecule has 2 aromatic heterocycles. The van der Waals surface area contributed by atoms with Gasteiger partial charge in [0.1, 0.15) is 5.01 Å². The third kappa shape index (κ3) is 2.10. The van der Waals surface area contributed by atoms with E-state index in [1.807, 2.05) is 5.38 Å². The molecule has 5 nitrogen and oxygen atoms in total. The van der Waals surface area contributed by atoms with Gasteiger partial charge in [-0.25, -0.2) is 9.78 Å². The van der Waals surface area contributed by atoms with Crippen molar-refractivity contribution < 1.29 is 9.90 Å². The van der Waals surface area contributed by atoms with Gasteiger partial charge in [-0.3, -0.25) is 4.79 Å². The number of aromatic nitrogens is 2. The number of aromatic carboxylic acids is 1. The average Bonchev–Trinajstić information content (AvgIpc) is 2.94. The average molecular weight is 286 g/mol. The molecule has 3 aromatic rings. The van der Waals surface area contributed by atoms with Crippen LogP contribution in [0.25, 0.3) is 10.9 Å². The number of fused-ring (bicyclic) bond motifs is 1. The van der Waals surface area contributed by atoms with E-state index < -0.39 is 5.97 Å². The van der Waals surface area contributed by atoms with Crippen molar-refractivity contribution in [2.24, 2.45) is 0 Å². The van der Waals surface area contributed by atoms with Crippen LogP contribution in [0.2, 0.25) is 0 Å². The Kier molecular flexibility index (Phi) is 3.08. The molecule has 1 aromatic carbocycles. The van der Waals surface area contributed by atoms with Crippen LogP contribution in [0.15, 0.2) is 46.7 Å². The maximum Gasteiger partial charge on any atom is 0.336 e. The molecular formula is C14H10N2O3S. The first kappa shape index (κ1) is 12.6. The summed E-state index contributed by atoms with van der Waals surface area (Å²) >= 11 is 1.46. The number of benzene rings is 1. The van der Waals surface area contributed by atoms with Gasteiger partial charge in [-0.05, 0) is 6.07 Å². The highest BCUT2D eigenvalue weighted by molar-refractivity contribution is 7.09. The number of carboxylic acids is 1. The van der Waals surface area contributed by atoms with Gasteiger partial charge < -0.3 is 9.67 Å². The standard InChI is InChI=1S/C14H10N2O3S/c17-13-7-10(14(18)19)9-3-1-2-4-11(9)16(13)8-12-15-5-6-20-12/h1-7H,8H2,(H,18,19). The maximum absolute atomic E-state index is 12.2. The Morgan fingerprint density at radius 3 is 2.85 bits per heavy atom. The molecule has 0 bridgehead atoms. The first-order chi connectivity index (χ1) is 9.66. The van der Waals surface area contributed by atoms with Crippen LogP contribution < -0.4 is 5.56 Å². The quantitative estimate of drug-likeness (QED) is 0.801. The van der Waals surface area contributed by atoms with Gasteiger partial charge >= 0.3 is 5.97 Å². The molecule has 1 N–H and O–H groups in total. The summed E-state index contributed by atoms with van der Waals surface area (Å²) in [5.41, 5.74) is 0.296. The summed E-state index contributed by atoms with van der Waals surface area (Å²) in [7, 11) is 0. The SMILES string of the molecule is O=C(O)c1cc(=O)n(Cc2nccs2)c2ccccc12. The predicted molar refractivity (Wildman–Crippen MR) is 76.4 cm³/mol. The fourth-order valence-corrected chi connectivity index (χ4v) is 2.75. The van der Waals surface area contributed by atoms with Gasteiger partial charge in [0.2, 0.25) is 0 Å². The van der Waals surface area contributed by atoms with Crippen LogP contribution in [0, 0.1) is 0 Å².